The molecule has 1 aliphatic rings. The van der Waals surface area contributed by atoms with Gasteiger partial charge < -0.3 is 9.47 Å². The average molecular weight is 192 g/mol. The van der Waals surface area contributed by atoms with Crippen LogP contribution in [0.15, 0.2) is 49.4 Å². The van der Waals surface area contributed by atoms with Gasteiger partial charge in [-0.1, -0.05) is 13.2 Å². The van der Waals surface area contributed by atoms with Crippen molar-refractivity contribution in [2.45, 2.75) is 0 Å². The minimum atomic E-state index is -0.510. The highest BCUT2D eigenvalue weighted by Gasteiger charge is 2.23. The van der Waals surface area contributed by atoms with Crippen molar-refractivity contribution in [1.29, 1.82) is 0 Å². The van der Waals surface area contributed by atoms with E-state index in [0.717, 1.165) is 24.7 Å². The summed E-state index contributed by atoms with van der Waals surface area (Å²) < 4.78 is 9.48. The van der Waals surface area contributed by atoms with Crippen molar-refractivity contribution < 1.29 is 19.1 Å². The number of allylic oxidation sites excluding steroid dienone is 2. The van der Waals surface area contributed by atoms with Crippen LogP contribution in [0.3, 0.4) is 0 Å². The monoisotopic (exact) mass is 192 g/mol. The van der Waals surface area contributed by atoms with Crippen molar-refractivity contribution in [3.8, 4) is 0 Å². The van der Waals surface area contributed by atoms with E-state index >= 15 is 0 Å². The van der Waals surface area contributed by atoms with Gasteiger partial charge in [0.25, 0.3) is 5.78 Å². The van der Waals surface area contributed by atoms with E-state index in [2.05, 4.69) is 13.2 Å². The SMILES string of the molecule is C=COC1=CC(=O)C=C(OC=C)C1=O. The molecule has 0 amide bonds. The van der Waals surface area contributed by atoms with Gasteiger partial charge in [-0.25, -0.2) is 0 Å². The van der Waals surface area contributed by atoms with Gasteiger partial charge in [0.2, 0.25) is 0 Å². The predicted octanol–water partition coefficient (Wildman–Crippen LogP) is 1.23. The van der Waals surface area contributed by atoms with Gasteiger partial charge in [-0.2, -0.15) is 0 Å². The second-order valence-corrected chi connectivity index (χ2v) is 2.32. The van der Waals surface area contributed by atoms with E-state index in [9.17, 15) is 9.59 Å². The summed E-state index contributed by atoms with van der Waals surface area (Å²) >= 11 is 0. The fourth-order valence-electron chi connectivity index (χ4n) is 0.907. The van der Waals surface area contributed by atoms with Crippen LogP contribution < -0.4 is 0 Å². The van der Waals surface area contributed by atoms with Crippen LogP contribution in [0, 0.1) is 0 Å². The summed E-state index contributed by atoms with van der Waals surface area (Å²) in [7, 11) is 0. The molecule has 0 atom stereocenters. The second kappa shape index (κ2) is 4.23. The van der Waals surface area contributed by atoms with Crippen molar-refractivity contribution in [2.24, 2.45) is 0 Å². The van der Waals surface area contributed by atoms with E-state index in [1.165, 1.54) is 0 Å². The topological polar surface area (TPSA) is 52.6 Å². The fourth-order valence-corrected chi connectivity index (χ4v) is 0.907. The number of carbonyl (C=O) groups excluding carboxylic acids is 2. The second-order valence-electron chi connectivity index (χ2n) is 2.32. The third kappa shape index (κ3) is 1.98. The smallest absolute Gasteiger partial charge is 0.263 e. The maximum atomic E-state index is 11.4. The summed E-state index contributed by atoms with van der Waals surface area (Å²) in [6, 6.07) is 0. The first-order chi connectivity index (χ1) is 6.69. The lowest BCUT2D eigenvalue weighted by atomic mass is 10.1. The molecular formula is C10H8O4. The summed E-state index contributed by atoms with van der Waals surface area (Å²) in [4.78, 5) is 22.5. The first-order valence-electron chi connectivity index (χ1n) is 3.76. The minimum Gasteiger partial charge on any atom is -0.461 e. The van der Waals surface area contributed by atoms with Crippen molar-refractivity contribution in [1.82, 2.24) is 0 Å². The number of ether oxygens (including phenoxy) is 2. The van der Waals surface area contributed by atoms with Gasteiger partial charge in [-0.3, -0.25) is 9.59 Å². The molecule has 0 aromatic rings. The zero-order chi connectivity index (χ0) is 10.6. The summed E-state index contributed by atoms with van der Waals surface area (Å²) in [6.45, 7) is 6.56. The largest absolute Gasteiger partial charge is 0.461 e. The van der Waals surface area contributed by atoms with E-state index in [1.54, 1.807) is 0 Å². The quantitative estimate of drug-likeness (QED) is 0.496. The standard InChI is InChI=1S/C10H8O4/c1-3-13-8-5-7(11)6-9(10(8)12)14-4-2/h3-6H,1-2H2. The summed E-state index contributed by atoms with van der Waals surface area (Å²) in [6.07, 6.45) is 4.27. The third-order valence-corrected chi connectivity index (χ3v) is 1.41. The van der Waals surface area contributed by atoms with Crippen LogP contribution in [0.4, 0.5) is 0 Å². The van der Waals surface area contributed by atoms with Crippen LogP contribution in [0.2, 0.25) is 0 Å². The maximum absolute atomic E-state index is 11.4. The van der Waals surface area contributed by atoms with E-state index in [1.807, 2.05) is 0 Å². The Balaban J connectivity index is 2.93. The molecule has 0 bridgehead atoms. The van der Waals surface area contributed by atoms with E-state index in [0.29, 0.717) is 0 Å². The van der Waals surface area contributed by atoms with Gasteiger partial charge in [-0.15, -0.1) is 0 Å². The molecule has 1 rings (SSSR count). The molecule has 0 saturated heterocycles. The lowest BCUT2D eigenvalue weighted by molar-refractivity contribution is -0.119. The van der Waals surface area contributed by atoms with E-state index in [-0.39, 0.29) is 17.3 Å². The molecule has 0 N–H and O–H groups in total. The van der Waals surface area contributed by atoms with Crippen LogP contribution in [0.5, 0.6) is 0 Å². The lowest BCUT2D eigenvalue weighted by Crippen LogP contribution is -2.15. The van der Waals surface area contributed by atoms with Crippen molar-refractivity contribution in [2.75, 3.05) is 0 Å². The molecular weight excluding hydrogens is 184 g/mol. The van der Waals surface area contributed by atoms with Crippen LogP contribution in [-0.2, 0) is 19.1 Å². The molecule has 4 nitrogen and oxygen atoms in total. The molecule has 4 heteroatoms. The summed E-state index contributed by atoms with van der Waals surface area (Å²) in [5.41, 5.74) is 0. The van der Waals surface area contributed by atoms with Crippen LogP contribution in [-0.4, -0.2) is 11.6 Å². The number of ketones is 2. The van der Waals surface area contributed by atoms with Gasteiger partial charge in [0.15, 0.2) is 17.3 Å². The molecule has 0 fully saturated rings. The summed E-state index contributed by atoms with van der Waals surface area (Å²) in [5.74, 6) is -1.10. The Labute approximate surface area is 80.8 Å². The molecule has 1 aliphatic carbocycles. The fraction of sp³-hybridized carbons (Fsp3) is 0. The van der Waals surface area contributed by atoms with Gasteiger partial charge in [-0.05, 0) is 0 Å². The number of Topliss-reactive ketones (excluding diaryl/α,β-unsaturated/α-hetero) is 1. The highest BCUT2D eigenvalue weighted by Crippen LogP contribution is 2.15. The highest BCUT2D eigenvalue weighted by molar-refractivity contribution is 6.18. The van der Waals surface area contributed by atoms with Crippen LogP contribution >= 0.6 is 0 Å². The van der Waals surface area contributed by atoms with Crippen molar-refractivity contribution >= 4 is 11.6 Å². The van der Waals surface area contributed by atoms with Gasteiger partial charge in [0, 0.05) is 12.2 Å². The minimum absolute atomic E-state index is 0.107. The highest BCUT2D eigenvalue weighted by atomic mass is 16.5. The van der Waals surface area contributed by atoms with E-state index < -0.39 is 5.78 Å². The Hall–Kier alpha value is -2.10. The van der Waals surface area contributed by atoms with Gasteiger partial charge in [0.05, 0.1) is 12.5 Å². The Morgan fingerprint density at radius 3 is 1.79 bits per heavy atom. The lowest BCUT2D eigenvalue weighted by Gasteiger charge is -2.10. The number of hydrogen-bond donors (Lipinski definition) is 0. The van der Waals surface area contributed by atoms with E-state index in [4.69, 9.17) is 9.47 Å². The molecule has 0 radical (unpaired) electrons. The predicted molar refractivity (Wildman–Crippen MR) is 48.7 cm³/mol. The van der Waals surface area contributed by atoms with Crippen LogP contribution in [0.25, 0.3) is 0 Å². The zero-order valence-electron chi connectivity index (χ0n) is 7.36. The average Bonchev–Trinajstić information content (AvgIpc) is 2.14. The maximum Gasteiger partial charge on any atom is 0.263 e. The third-order valence-electron chi connectivity index (χ3n) is 1.41. The molecule has 0 saturated carbocycles. The summed E-state index contributed by atoms with van der Waals surface area (Å²) in [5, 5.41) is 0. The zero-order valence-corrected chi connectivity index (χ0v) is 7.36. The van der Waals surface area contributed by atoms with Crippen LogP contribution in [0.1, 0.15) is 0 Å². The molecule has 14 heavy (non-hydrogen) atoms. The molecule has 0 spiro atoms. The molecule has 0 heterocycles. The molecule has 0 aromatic heterocycles. The van der Waals surface area contributed by atoms with Crippen molar-refractivity contribution in [3.63, 3.8) is 0 Å². The normalized spacial score (nSPS) is 15.4. The molecule has 72 valence electrons. The first-order valence-corrected chi connectivity index (χ1v) is 3.76. The number of hydrogen-bond acceptors (Lipinski definition) is 4. The van der Waals surface area contributed by atoms with Crippen molar-refractivity contribution in [3.05, 3.63) is 49.4 Å². The Bertz CT molecular complexity index is 328. The van der Waals surface area contributed by atoms with Gasteiger partial charge in [0.1, 0.15) is 0 Å². The molecule has 0 unspecified atom stereocenters. The molecule has 0 aliphatic heterocycles. The first kappa shape index (κ1) is 9.98. The Kier molecular flexibility index (Phi) is 3.01. The Morgan fingerprint density at radius 2 is 1.43 bits per heavy atom. The molecule has 0 aromatic carbocycles. The Morgan fingerprint density at radius 1 is 1.00 bits per heavy atom. The number of rotatable bonds is 4. The van der Waals surface area contributed by atoms with Gasteiger partial charge >= 0.3 is 0 Å². The number of carbonyl (C=O) groups is 2.